The van der Waals surface area contributed by atoms with Crippen LogP contribution in [0.5, 0.6) is 5.88 Å². The standard InChI is InChI=1S/C32H41N5O8S2/c1-6-21-15-32(21,29(40)36-47(42,43)22-10-11-22)35-27(38)24-14-19(16-37(24)28(39)26(31(2,3)4)34-30(41)44-5)17-45-25-9-7-8-23(33-25)20-12-13-46-18-20/h6-9,12-13,18-19,21-22,24,26H,1,10-11,14-17H2,2-5H3,(H,34,41)(H,35,38)(H,36,40)/t19-,21+,24+,26-,32-/m1/s1. The molecule has 5 atom stereocenters. The van der Waals surface area contributed by atoms with E-state index in [9.17, 15) is 27.6 Å². The highest BCUT2D eigenvalue weighted by Gasteiger charge is 2.62. The van der Waals surface area contributed by atoms with Gasteiger partial charge >= 0.3 is 6.09 Å². The monoisotopic (exact) mass is 687 g/mol. The van der Waals surface area contributed by atoms with Crippen LogP contribution in [0, 0.1) is 17.3 Å². The van der Waals surface area contributed by atoms with E-state index in [0.717, 1.165) is 11.3 Å². The first-order valence-electron chi connectivity index (χ1n) is 15.5. The summed E-state index contributed by atoms with van der Waals surface area (Å²) in [6, 6.07) is 5.32. The van der Waals surface area contributed by atoms with Gasteiger partial charge in [0.05, 0.1) is 24.7 Å². The van der Waals surface area contributed by atoms with Crippen molar-refractivity contribution in [2.75, 3.05) is 20.3 Å². The third-order valence-electron chi connectivity index (χ3n) is 8.79. The van der Waals surface area contributed by atoms with E-state index in [-0.39, 0.29) is 31.9 Å². The van der Waals surface area contributed by atoms with Crippen molar-refractivity contribution < 1.29 is 37.1 Å². The number of rotatable bonds is 12. The van der Waals surface area contributed by atoms with E-state index >= 15 is 0 Å². The number of ether oxygens (including phenoxy) is 2. The molecule has 254 valence electrons. The number of nitrogens with zero attached hydrogens (tertiary/aromatic N) is 2. The number of pyridine rings is 1. The lowest BCUT2D eigenvalue weighted by atomic mass is 9.85. The number of thiophene rings is 1. The Morgan fingerprint density at radius 2 is 1.96 bits per heavy atom. The summed E-state index contributed by atoms with van der Waals surface area (Å²) in [4.78, 5) is 59.6. The largest absolute Gasteiger partial charge is 0.477 e. The number of hydrogen-bond acceptors (Lipinski definition) is 10. The molecule has 2 saturated carbocycles. The van der Waals surface area contributed by atoms with Crippen molar-refractivity contribution in [1.29, 1.82) is 0 Å². The number of nitrogens with one attached hydrogen (secondary N) is 3. The van der Waals surface area contributed by atoms with Crippen molar-refractivity contribution >= 4 is 45.2 Å². The van der Waals surface area contributed by atoms with Crippen molar-refractivity contribution in [2.24, 2.45) is 17.3 Å². The SMILES string of the molecule is C=C[C@H]1C[C@]1(NC(=O)[C@@H]1C[C@@H](COc2cccc(-c3ccsc3)n2)CN1C(=O)[C@@H](NC(=O)OC)C(C)(C)C)C(=O)NS(=O)(=O)C1CC1. The van der Waals surface area contributed by atoms with Gasteiger partial charge in [-0.05, 0) is 48.6 Å². The van der Waals surface area contributed by atoms with Crippen molar-refractivity contribution in [1.82, 2.24) is 25.2 Å². The average Bonchev–Trinajstić information content (AvgIpc) is 3.89. The Morgan fingerprint density at radius 1 is 1.21 bits per heavy atom. The minimum Gasteiger partial charge on any atom is -0.477 e. The highest BCUT2D eigenvalue weighted by atomic mass is 32.2. The fourth-order valence-electron chi connectivity index (χ4n) is 5.82. The van der Waals surface area contributed by atoms with E-state index < -0.39 is 68.0 Å². The summed E-state index contributed by atoms with van der Waals surface area (Å²) >= 11 is 1.56. The maximum atomic E-state index is 14.1. The van der Waals surface area contributed by atoms with E-state index in [2.05, 4.69) is 26.9 Å². The fourth-order valence-corrected chi connectivity index (χ4v) is 7.83. The van der Waals surface area contributed by atoms with Crippen LogP contribution in [-0.4, -0.2) is 85.3 Å². The third-order valence-corrected chi connectivity index (χ3v) is 11.3. The van der Waals surface area contributed by atoms with Crippen LogP contribution in [0.1, 0.15) is 46.5 Å². The number of amides is 4. The van der Waals surface area contributed by atoms with Crippen LogP contribution >= 0.6 is 11.3 Å². The molecule has 3 fully saturated rings. The quantitative estimate of drug-likeness (QED) is 0.284. The van der Waals surface area contributed by atoms with E-state index in [0.29, 0.717) is 18.7 Å². The van der Waals surface area contributed by atoms with Gasteiger partial charge in [0.25, 0.3) is 5.91 Å². The first kappa shape index (κ1) is 34.4. The first-order chi connectivity index (χ1) is 22.2. The van der Waals surface area contributed by atoms with E-state index in [1.54, 1.807) is 38.2 Å². The molecule has 0 spiro atoms. The lowest BCUT2D eigenvalue weighted by Gasteiger charge is -2.35. The molecule has 3 aliphatic rings. The predicted octanol–water partition coefficient (Wildman–Crippen LogP) is 2.85. The fraction of sp³-hybridized carbons (Fsp3) is 0.531. The first-order valence-corrected chi connectivity index (χ1v) is 18.0. The summed E-state index contributed by atoms with van der Waals surface area (Å²) in [6.45, 7) is 9.34. The molecular formula is C32H41N5O8S2. The topological polar surface area (TPSA) is 173 Å². The number of hydrogen-bond donors (Lipinski definition) is 3. The smallest absolute Gasteiger partial charge is 0.407 e. The van der Waals surface area contributed by atoms with Gasteiger partial charge in [-0.15, -0.1) is 6.58 Å². The molecule has 5 rings (SSSR count). The van der Waals surface area contributed by atoms with Crippen molar-refractivity contribution in [3.05, 3.63) is 47.7 Å². The van der Waals surface area contributed by atoms with Crippen LogP contribution in [0.25, 0.3) is 11.3 Å². The van der Waals surface area contributed by atoms with E-state index in [1.165, 1.54) is 18.1 Å². The number of alkyl carbamates (subject to hydrolysis) is 1. The van der Waals surface area contributed by atoms with Gasteiger partial charge in [0, 0.05) is 35.4 Å². The number of carbonyl (C=O) groups excluding carboxylic acids is 4. The number of likely N-dealkylation sites (tertiary alicyclic amines) is 1. The predicted molar refractivity (Wildman–Crippen MR) is 175 cm³/mol. The summed E-state index contributed by atoms with van der Waals surface area (Å²) in [5, 5.41) is 8.70. The van der Waals surface area contributed by atoms with Crippen LogP contribution in [-0.2, 0) is 29.1 Å². The minimum absolute atomic E-state index is 0.122. The molecule has 2 aliphatic carbocycles. The molecule has 15 heteroatoms. The van der Waals surface area contributed by atoms with Gasteiger partial charge in [-0.25, -0.2) is 18.2 Å². The number of carbonyl (C=O) groups is 4. The third kappa shape index (κ3) is 7.61. The van der Waals surface area contributed by atoms with Gasteiger partial charge in [-0.3, -0.25) is 19.1 Å². The Bertz CT molecular complexity index is 1640. The maximum absolute atomic E-state index is 14.1. The second kappa shape index (κ2) is 13.3. The summed E-state index contributed by atoms with van der Waals surface area (Å²) in [5.41, 5.74) is -0.555. The molecule has 1 saturated heterocycles. The van der Waals surface area contributed by atoms with Crippen LogP contribution in [0.15, 0.2) is 47.7 Å². The Balaban J connectivity index is 1.36. The summed E-state index contributed by atoms with van der Waals surface area (Å²) in [6.07, 6.45) is 2.00. The molecular weight excluding hydrogens is 647 g/mol. The molecule has 13 nitrogen and oxygen atoms in total. The van der Waals surface area contributed by atoms with Gasteiger partial charge in [-0.1, -0.05) is 32.9 Å². The molecule has 1 aliphatic heterocycles. The summed E-state index contributed by atoms with van der Waals surface area (Å²) in [5.74, 6) is -2.36. The second-order valence-electron chi connectivity index (χ2n) is 13.4. The van der Waals surface area contributed by atoms with Crippen molar-refractivity contribution in [3.63, 3.8) is 0 Å². The Hall–Kier alpha value is -3.98. The van der Waals surface area contributed by atoms with Gasteiger partial charge in [0.15, 0.2) is 0 Å². The summed E-state index contributed by atoms with van der Waals surface area (Å²) < 4.78 is 38.1. The Morgan fingerprint density at radius 3 is 2.55 bits per heavy atom. The Kier molecular flexibility index (Phi) is 9.69. The normalized spacial score (nSPS) is 24.5. The highest BCUT2D eigenvalue weighted by Crippen LogP contribution is 2.45. The molecule has 2 aromatic rings. The van der Waals surface area contributed by atoms with Crippen LogP contribution in [0.2, 0.25) is 0 Å². The molecule has 47 heavy (non-hydrogen) atoms. The molecule has 4 amide bonds. The van der Waals surface area contributed by atoms with Crippen molar-refractivity contribution in [2.45, 2.75) is 69.3 Å². The highest BCUT2D eigenvalue weighted by molar-refractivity contribution is 7.91. The van der Waals surface area contributed by atoms with Crippen LogP contribution in [0.4, 0.5) is 4.79 Å². The molecule has 0 radical (unpaired) electrons. The summed E-state index contributed by atoms with van der Waals surface area (Å²) in [7, 11) is -2.67. The van der Waals surface area contributed by atoms with Gasteiger partial charge in [-0.2, -0.15) is 11.3 Å². The molecule has 3 heterocycles. The Labute approximate surface area is 278 Å². The number of methoxy groups -OCH3 is 1. The van der Waals surface area contributed by atoms with Crippen molar-refractivity contribution in [3.8, 4) is 17.1 Å². The molecule has 2 aromatic heterocycles. The molecule has 0 aromatic carbocycles. The van der Waals surface area contributed by atoms with Gasteiger partial charge in [0.1, 0.15) is 17.6 Å². The second-order valence-corrected chi connectivity index (χ2v) is 16.2. The zero-order chi connectivity index (χ0) is 34.1. The molecule has 0 unspecified atom stereocenters. The van der Waals surface area contributed by atoms with Gasteiger partial charge in [0.2, 0.25) is 27.7 Å². The average molecular weight is 688 g/mol. The lowest BCUT2D eigenvalue weighted by Crippen LogP contribution is -2.60. The zero-order valence-corrected chi connectivity index (χ0v) is 28.5. The van der Waals surface area contributed by atoms with E-state index in [4.69, 9.17) is 9.47 Å². The lowest BCUT2D eigenvalue weighted by molar-refractivity contribution is -0.142. The molecule has 0 bridgehead atoms. The minimum atomic E-state index is -3.87. The number of aromatic nitrogens is 1. The maximum Gasteiger partial charge on any atom is 0.407 e. The molecule has 3 N–H and O–H groups in total. The zero-order valence-electron chi connectivity index (χ0n) is 26.9. The van der Waals surface area contributed by atoms with Crippen LogP contribution in [0.3, 0.4) is 0 Å². The van der Waals surface area contributed by atoms with E-state index in [1.807, 2.05) is 29.0 Å². The number of sulfonamides is 1. The van der Waals surface area contributed by atoms with Gasteiger partial charge < -0.3 is 25.0 Å². The van der Waals surface area contributed by atoms with Crippen LogP contribution < -0.4 is 20.1 Å².